The molecule has 1 atom stereocenters. The van der Waals surface area contributed by atoms with Crippen LogP contribution in [0.25, 0.3) is 0 Å². The van der Waals surface area contributed by atoms with Gasteiger partial charge in [0.15, 0.2) is 0 Å². The number of hydrogen-bond acceptors (Lipinski definition) is 2. The number of rotatable bonds is 5. The molecule has 0 aliphatic rings. The van der Waals surface area contributed by atoms with Crippen LogP contribution in [0.4, 0.5) is 0 Å². The van der Waals surface area contributed by atoms with Crippen molar-refractivity contribution in [3.05, 3.63) is 35.4 Å². The molecule has 1 aromatic rings. The summed E-state index contributed by atoms with van der Waals surface area (Å²) in [7, 11) is 0. The van der Waals surface area contributed by atoms with E-state index in [1.54, 1.807) is 0 Å². The standard InChI is InChI=1S/C12H14O4/c1-8-4-2-3-5-9(8)6-10(12(15)16)7-11(13)14/h2-5,10H,6-7H2,1H3,(H,13,14)(H,15,16)/t10-/m0/s1. The van der Waals surface area contributed by atoms with E-state index >= 15 is 0 Å². The highest BCUT2D eigenvalue weighted by atomic mass is 16.4. The summed E-state index contributed by atoms with van der Waals surface area (Å²) in [5, 5.41) is 17.5. The smallest absolute Gasteiger partial charge is 0.307 e. The molecular weight excluding hydrogens is 208 g/mol. The zero-order valence-electron chi connectivity index (χ0n) is 9.01. The molecule has 0 bridgehead atoms. The molecule has 0 unspecified atom stereocenters. The summed E-state index contributed by atoms with van der Waals surface area (Å²) < 4.78 is 0. The number of aliphatic carboxylic acids is 2. The van der Waals surface area contributed by atoms with Crippen molar-refractivity contribution < 1.29 is 19.8 Å². The molecule has 1 rings (SSSR count). The normalized spacial score (nSPS) is 12.1. The SMILES string of the molecule is Cc1ccccc1C[C@@H](CC(=O)O)C(=O)O. The maximum Gasteiger partial charge on any atom is 0.307 e. The van der Waals surface area contributed by atoms with Crippen LogP contribution in [0, 0.1) is 12.8 Å². The third-order valence-corrected chi connectivity index (χ3v) is 2.50. The van der Waals surface area contributed by atoms with Crippen LogP contribution in [0.2, 0.25) is 0 Å². The topological polar surface area (TPSA) is 74.6 Å². The predicted octanol–water partition coefficient (Wildman–Crippen LogP) is 1.71. The zero-order valence-corrected chi connectivity index (χ0v) is 9.01. The third kappa shape index (κ3) is 3.38. The molecule has 16 heavy (non-hydrogen) atoms. The van der Waals surface area contributed by atoms with E-state index in [0.717, 1.165) is 11.1 Å². The van der Waals surface area contributed by atoms with E-state index in [1.807, 2.05) is 31.2 Å². The van der Waals surface area contributed by atoms with Crippen LogP contribution < -0.4 is 0 Å². The maximum atomic E-state index is 10.9. The number of carboxylic acids is 2. The quantitative estimate of drug-likeness (QED) is 0.795. The Morgan fingerprint density at radius 2 is 1.88 bits per heavy atom. The van der Waals surface area contributed by atoms with Crippen molar-refractivity contribution in [1.29, 1.82) is 0 Å². The van der Waals surface area contributed by atoms with E-state index in [-0.39, 0.29) is 12.8 Å². The fourth-order valence-electron chi connectivity index (χ4n) is 1.56. The van der Waals surface area contributed by atoms with E-state index in [9.17, 15) is 9.59 Å². The molecule has 4 nitrogen and oxygen atoms in total. The third-order valence-electron chi connectivity index (χ3n) is 2.50. The lowest BCUT2D eigenvalue weighted by Crippen LogP contribution is -2.20. The van der Waals surface area contributed by atoms with Crippen LogP contribution in [0.15, 0.2) is 24.3 Å². The predicted molar refractivity (Wildman–Crippen MR) is 58.3 cm³/mol. The first-order valence-corrected chi connectivity index (χ1v) is 5.00. The van der Waals surface area contributed by atoms with Gasteiger partial charge in [0.2, 0.25) is 0 Å². The first-order chi connectivity index (χ1) is 7.50. The van der Waals surface area contributed by atoms with Crippen LogP contribution in [0.5, 0.6) is 0 Å². The first kappa shape index (κ1) is 12.2. The van der Waals surface area contributed by atoms with Crippen LogP contribution in [0.3, 0.4) is 0 Å². The highest BCUT2D eigenvalue weighted by Gasteiger charge is 2.21. The minimum atomic E-state index is -1.08. The summed E-state index contributed by atoms with van der Waals surface area (Å²) in [4.78, 5) is 21.4. The highest BCUT2D eigenvalue weighted by Crippen LogP contribution is 2.16. The van der Waals surface area contributed by atoms with Crippen molar-refractivity contribution in [3.8, 4) is 0 Å². The van der Waals surface area contributed by atoms with Crippen LogP contribution in [0.1, 0.15) is 17.5 Å². The summed E-state index contributed by atoms with van der Waals surface area (Å²) in [6.07, 6.45) is -0.0853. The van der Waals surface area contributed by atoms with Gasteiger partial charge in [-0.2, -0.15) is 0 Å². The van der Waals surface area contributed by atoms with Crippen LogP contribution >= 0.6 is 0 Å². The molecule has 0 aliphatic carbocycles. The molecule has 0 radical (unpaired) electrons. The largest absolute Gasteiger partial charge is 0.481 e. The Labute approximate surface area is 93.5 Å². The van der Waals surface area contributed by atoms with Gasteiger partial charge in [0, 0.05) is 0 Å². The van der Waals surface area contributed by atoms with Gasteiger partial charge in [-0.05, 0) is 24.5 Å². The summed E-state index contributed by atoms with van der Waals surface area (Å²) in [6.45, 7) is 1.88. The molecule has 1 aromatic carbocycles. The Bertz CT molecular complexity index is 398. The average molecular weight is 222 g/mol. The van der Waals surface area contributed by atoms with Crippen LogP contribution in [-0.4, -0.2) is 22.2 Å². The molecule has 2 N–H and O–H groups in total. The lowest BCUT2D eigenvalue weighted by molar-refractivity contribution is -0.148. The van der Waals surface area contributed by atoms with Crippen molar-refractivity contribution in [1.82, 2.24) is 0 Å². The van der Waals surface area contributed by atoms with Gasteiger partial charge >= 0.3 is 11.9 Å². The second-order valence-electron chi connectivity index (χ2n) is 3.76. The summed E-state index contributed by atoms with van der Waals surface area (Å²) in [5.74, 6) is -3.01. The Morgan fingerprint density at radius 3 is 2.38 bits per heavy atom. The fraction of sp³-hybridized carbons (Fsp3) is 0.333. The van der Waals surface area contributed by atoms with Crippen LogP contribution in [-0.2, 0) is 16.0 Å². The maximum absolute atomic E-state index is 10.9. The van der Waals surface area contributed by atoms with Gasteiger partial charge in [0.1, 0.15) is 0 Å². The lowest BCUT2D eigenvalue weighted by Gasteiger charge is -2.11. The summed E-state index contributed by atoms with van der Waals surface area (Å²) in [5.41, 5.74) is 1.87. The van der Waals surface area contributed by atoms with Gasteiger partial charge in [0.25, 0.3) is 0 Å². The second-order valence-corrected chi connectivity index (χ2v) is 3.76. The Morgan fingerprint density at radius 1 is 1.25 bits per heavy atom. The Kier molecular flexibility index (Phi) is 4.05. The van der Waals surface area contributed by atoms with Crippen molar-refractivity contribution in [3.63, 3.8) is 0 Å². The van der Waals surface area contributed by atoms with Gasteiger partial charge in [-0.25, -0.2) is 0 Å². The van der Waals surface area contributed by atoms with Crippen molar-refractivity contribution >= 4 is 11.9 Å². The number of carboxylic acid groups (broad SMARTS) is 2. The molecule has 0 saturated carbocycles. The molecule has 0 spiro atoms. The van der Waals surface area contributed by atoms with Gasteiger partial charge in [0.05, 0.1) is 12.3 Å². The van der Waals surface area contributed by atoms with E-state index in [4.69, 9.17) is 10.2 Å². The van der Waals surface area contributed by atoms with Gasteiger partial charge < -0.3 is 10.2 Å². The second kappa shape index (κ2) is 5.30. The summed E-state index contributed by atoms with van der Waals surface area (Å²) >= 11 is 0. The van der Waals surface area contributed by atoms with E-state index in [2.05, 4.69) is 0 Å². The minimum absolute atomic E-state index is 0.258. The van der Waals surface area contributed by atoms with Crippen molar-refractivity contribution in [2.24, 2.45) is 5.92 Å². The van der Waals surface area contributed by atoms with E-state index in [0.29, 0.717) is 0 Å². The first-order valence-electron chi connectivity index (χ1n) is 5.00. The number of hydrogen-bond donors (Lipinski definition) is 2. The van der Waals surface area contributed by atoms with Gasteiger partial charge in [-0.1, -0.05) is 24.3 Å². The van der Waals surface area contributed by atoms with E-state index in [1.165, 1.54) is 0 Å². The van der Waals surface area contributed by atoms with Gasteiger partial charge in [-0.15, -0.1) is 0 Å². The van der Waals surface area contributed by atoms with Crippen molar-refractivity contribution in [2.45, 2.75) is 19.8 Å². The Balaban J connectivity index is 2.80. The molecule has 86 valence electrons. The molecule has 0 aliphatic heterocycles. The molecule has 0 heterocycles. The van der Waals surface area contributed by atoms with E-state index < -0.39 is 17.9 Å². The molecule has 0 saturated heterocycles. The highest BCUT2D eigenvalue weighted by molar-refractivity contribution is 5.78. The number of aryl methyl sites for hydroxylation is 1. The number of carbonyl (C=O) groups is 2. The monoisotopic (exact) mass is 222 g/mol. The lowest BCUT2D eigenvalue weighted by atomic mass is 9.94. The average Bonchev–Trinajstić information content (AvgIpc) is 2.19. The molecular formula is C12H14O4. The zero-order chi connectivity index (χ0) is 12.1. The fourth-order valence-corrected chi connectivity index (χ4v) is 1.56. The van der Waals surface area contributed by atoms with Crippen molar-refractivity contribution in [2.75, 3.05) is 0 Å². The molecule has 0 amide bonds. The molecule has 0 aromatic heterocycles. The minimum Gasteiger partial charge on any atom is -0.481 e. The Hall–Kier alpha value is -1.84. The number of benzene rings is 1. The molecule has 0 fully saturated rings. The van der Waals surface area contributed by atoms with Gasteiger partial charge in [-0.3, -0.25) is 9.59 Å². The molecule has 4 heteroatoms. The summed E-state index contributed by atoms with van der Waals surface area (Å²) in [6, 6.07) is 7.40.